The Labute approximate surface area is 124 Å². The Kier molecular flexibility index (Phi) is 4.80. The lowest BCUT2D eigenvalue weighted by molar-refractivity contribution is -0.122. The van der Waals surface area contributed by atoms with E-state index in [0.717, 1.165) is 19.3 Å². The van der Waals surface area contributed by atoms with E-state index < -0.39 is 0 Å². The van der Waals surface area contributed by atoms with Crippen LogP contribution in [0.5, 0.6) is 5.75 Å². The molecule has 6 heteroatoms. The Morgan fingerprint density at radius 2 is 2.10 bits per heavy atom. The summed E-state index contributed by atoms with van der Waals surface area (Å²) in [6, 6.07) is 6.95. The fourth-order valence-electron chi connectivity index (χ4n) is 2.22. The highest BCUT2D eigenvalue weighted by Gasteiger charge is 2.34. The van der Waals surface area contributed by atoms with Crippen molar-refractivity contribution in [3.63, 3.8) is 0 Å². The van der Waals surface area contributed by atoms with Crippen LogP contribution >= 0.6 is 0 Å². The van der Waals surface area contributed by atoms with Gasteiger partial charge >= 0.3 is 0 Å². The van der Waals surface area contributed by atoms with E-state index in [0.29, 0.717) is 17.9 Å². The summed E-state index contributed by atoms with van der Waals surface area (Å²) in [6.45, 7) is -0.0557. The minimum atomic E-state index is -0.336. The zero-order chi connectivity index (χ0) is 15.3. The molecular weight excluding hydrogens is 270 g/mol. The fraction of sp³-hybridized carbons (Fsp3) is 0.467. The summed E-state index contributed by atoms with van der Waals surface area (Å²) in [6.07, 6.45) is 3.22. The van der Waals surface area contributed by atoms with E-state index in [9.17, 15) is 9.59 Å². The molecule has 0 unspecified atom stereocenters. The normalized spacial score (nSPS) is 15.7. The Balaban J connectivity index is 1.88. The molecule has 0 radical (unpaired) electrons. The van der Waals surface area contributed by atoms with Crippen LogP contribution in [0, 0.1) is 0 Å². The first-order valence-corrected chi connectivity index (χ1v) is 7.03. The number of carbonyl (C=O) groups excluding carboxylic acids is 2. The van der Waals surface area contributed by atoms with E-state index in [1.807, 2.05) is 0 Å². The Morgan fingerprint density at radius 1 is 1.33 bits per heavy atom. The summed E-state index contributed by atoms with van der Waals surface area (Å²) in [5.41, 5.74) is 6.35. The van der Waals surface area contributed by atoms with Gasteiger partial charge in [-0.3, -0.25) is 9.59 Å². The molecule has 21 heavy (non-hydrogen) atoms. The number of nitrogens with one attached hydrogen (secondary N) is 2. The van der Waals surface area contributed by atoms with E-state index in [1.54, 1.807) is 31.3 Å². The average Bonchev–Trinajstić information content (AvgIpc) is 2.43. The summed E-state index contributed by atoms with van der Waals surface area (Å²) in [7, 11) is 1.55. The number of carbonyl (C=O) groups is 2. The van der Waals surface area contributed by atoms with E-state index in [-0.39, 0.29) is 24.0 Å². The van der Waals surface area contributed by atoms with Crippen molar-refractivity contribution in [3.05, 3.63) is 24.3 Å². The lowest BCUT2D eigenvalue weighted by atomic mass is 9.75. The number of amides is 2. The monoisotopic (exact) mass is 291 g/mol. The standard InChI is InChI=1S/C15H21N3O3/c1-17-14(20)10-21-12-5-2-4-11(8-12)18-13(19)9-15(16)6-3-7-15/h2,4-5,8H,3,6-7,9-10,16H2,1H3,(H,17,20)(H,18,19). The Bertz CT molecular complexity index is 527. The topological polar surface area (TPSA) is 93.5 Å². The van der Waals surface area contributed by atoms with Crippen LogP contribution in [0.15, 0.2) is 24.3 Å². The minimum Gasteiger partial charge on any atom is -0.484 e. The molecule has 2 rings (SSSR count). The van der Waals surface area contributed by atoms with Crippen molar-refractivity contribution in [3.8, 4) is 5.75 Å². The molecular formula is C15H21N3O3. The van der Waals surface area contributed by atoms with Gasteiger partial charge in [0.25, 0.3) is 5.91 Å². The number of likely N-dealkylation sites (N-methyl/N-ethyl adjacent to an activating group) is 1. The molecule has 1 saturated carbocycles. The van der Waals surface area contributed by atoms with Gasteiger partial charge in [-0.1, -0.05) is 6.07 Å². The maximum absolute atomic E-state index is 11.9. The lowest BCUT2D eigenvalue weighted by Gasteiger charge is -2.37. The molecule has 1 aliphatic carbocycles. The van der Waals surface area contributed by atoms with Gasteiger partial charge in [-0.25, -0.2) is 0 Å². The number of nitrogens with two attached hydrogens (primary N) is 1. The van der Waals surface area contributed by atoms with Gasteiger partial charge in [-0.05, 0) is 31.4 Å². The van der Waals surface area contributed by atoms with Crippen LogP contribution in [0.4, 0.5) is 5.69 Å². The Morgan fingerprint density at radius 3 is 2.71 bits per heavy atom. The third-order valence-corrected chi connectivity index (χ3v) is 3.63. The summed E-state index contributed by atoms with van der Waals surface area (Å²) in [4.78, 5) is 23.1. The molecule has 2 amide bonds. The van der Waals surface area contributed by atoms with Crippen molar-refractivity contribution in [2.24, 2.45) is 5.73 Å². The molecule has 0 spiro atoms. The number of hydrogen-bond donors (Lipinski definition) is 3. The van der Waals surface area contributed by atoms with Crippen LogP contribution in [0.25, 0.3) is 0 Å². The predicted octanol–water partition coefficient (Wildman–Crippen LogP) is 1.02. The maximum Gasteiger partial charge on any atom is 0.257 e. The molecule has 1 aromatic rings. The molecule has 0 aromatic heterocycles. The van der Waals surface area contributed by atoms with Gasteiger partial charge < -0.3 is 21.1 Å². The average molecular weight is 291 g/mol. The summed E-state index contributed by atoms with van der Waals surface area (Å²) in [5.74, 6) is 0.225. The van der Waals surface area contributed by atoms with Crippen molar-refractivity contribution < 1.29 is 14.3 Å². The lowest BCUT2D eigenvalue weighted by Crippen LogP contribution is -2.48. The number of rotatable bonds is 6. The minimum absolute atomic E-state index is 0.0557. The van der Waals surface area contributed by atoms with Crippen molar-refractivity contribution in [2.75, 3.05) is 19.0 Å². The molecule has 1 fully saturated rings. The second-order valence-corrected chi connectivity index (χ2v) is 5.43. The molecule has 0 saturated heterocycles. The van der Waals surface area contributed by atoms with E-state index in [4.69, 9.17) is 10.5 Å². The molecule has 0 bridgehead atoms. The molecule has 0 heterocycles. The zero-order valence-electron chi connectivity index (χ0n) is 12.1. The molecule has 1 aliphatic rings. The summed E-state index contributed by atoms with van der Waals surface area (Å²) < 4.78 is 5.33. The predicted molar refractivity (Wildman–Crippen MR) is 80.0 cm³/mol. The number of ether oxygens (including phenoxy) is 1. The van der Waals surface area contributed by atoms with Gasteiger partial charge in [0, 0.05) is 30.8 Å². The van der Waals surface area contributed by atoms with Crippen LogP contribution in [-0.4, -0.2) is 31.0 Å². The molecule has 0 atom stereocenters. The number of anilines is 1. The highest BCUT2D eigenvalue weighted by molar-refractivity contribution is 5.91. The first kappa shape index (κ1) is 15.3. The summed E-state index contributed by atoms with van der Waals surface area (Å²) in [5, 5.41) is 5.28. The SMILES string of the molecule is CNC(=O)COc1cccc(NC(=O)CC2(N)CCC2)c1. The van der Waals surface area contributed by atoms with Crippen LogP contribution in [0.1, 0.15) is 25.7 Å². The van der Waals surface area contributed by atoms with Gasteiger partial charge in [0.2, 0.25) is 5.91 Å². The van der Waals surface area contributed by atoms with Crippen molar-refractivity contribution in [2.45, 2.75) is 31.2 Å². The van der Waals surface area contributed by atoms with Crippen molar-refractivity contribution in [1.82, 2.24) is 5.32 Å². The van der Waals surface area contributed by atoms with Gasteiger partial charge in [-0.2, -0.15) is 0 Å². The fourth-order valence-corrected chi connectivity index (χ4v) is 2.22. The molecule has 4 N–H and O–H groups in total. The van der Waals surface area contributed by atoms with Crippen molar-refractivity contribution in [1.29, 1.82) is 0 Å². The zero-order valence-corrected chi connectivity index (χ0v) is 12.1. The first-order chi connectivity index (χ1) is 10.0. The third-order valence-electron chi connectivity index (χ3n) is 3.63. The third kappa shape index (κ3) is 4.46. The maximum atomic E-state index is 11.9. The molecule has 0 aliphatic heterocycles. The number of hydrogen-bond acceptors (Lipinski definition) is 4. The van der Waals surface area contributed by atoms with Gasteiger partial charge in [0.15, 0.2) is 6.61 Å². The molecule has 6 nitrogen and oxygen atoms in total. The quantitative estimate of drug-likeness (QED) is 0.729. The van der Waals surface area contributed by atoms with E-state index >= 15 is 0 Å². The van der Waals surface area contributed by atoms with Gasteiger partial charge in [0.05, 0.1) is 0 Å². The van der Waals surface area contributed by atoms with E-state index in [1.165, 1.54) is 0 Å². The second-order valence-electron chi connectivity index (χ2n) is 5.43. The summed E-state index contributed by atoms with van der Waals surface area (Å²) >= 11 is 0. The first-order valence-electron chi connectivity index (χ1n) is 7.03. The second kappa shape index (κ2) is 6.58. The molecule has 114 valence electrons. The van der Waals surface area contributed by atoms with Gasteiger partial charge in [-0.15, -0.1) is 0 Å². The van der Waals surface area contributed by atoms with Crippen LogP contribution < -0.4 is 21.1 Å². The van der Waals surface area contributed by atoms with Crippen LogP contribution in [0.2, 0.25) is 0 Å². The Hall–Kier alpha value is -2.08. The highest BCUT2D eigenvalue weighted by Crippen LogP contribution is 2.32. The largest absolute Gasteiger partial charge is 0.484 e. The van der Waals surface area contributed by atoms with Gasteiger partial charge in [0.1, 0.15) is 5.75 Å². The van der Waals surface area contributed by atoms with Crippen molar-refractivity contribution >= 4 is 17.5 Å². The number of benzene rings is 1. The van der Waals surface area contributed by atoms with E-state index in [2.05, 4.69) is 10.6 Å². The van der Waals surface area contributed by atoms with Crippen LogP contribution in [0.3, 0.4) is 0 Å². The highest BCUT2D eigenvalue weighted by atomic mass is 16.5. The molecule has 1 aromatic carbocycles. The van der Waals surface area contributed by atoms with Crippen LogP contribution in [-0.2, 0) is 9.59 Å². The smallest absolute Gasteiger partial charge is 0.257 e.